The predicted molar refractivity (Wildman–Crippen MR) is 122 cm³/mol. The van der Waals surface area contributed by atoms with Gasteiger partial charge in [-0.05, 0) is 74.4 Å². The second kappa shape index (κ2) is 10.3. The van der Waals surface area contributed by atoms with Crippen LogP contribution in [0.25, 0.3) is 11.1 Å². The van der Waals surface area contributed by atoms with Crippen molar-refractivity contribution in [3.63, 3.8) is 0 Å². The summed E-state index contributed by atoms with van der Waals surface area (Å²) in [6, 6.07) is 17.2. The van der Waals surface area contributed by atoms with Crippen molar-refractivity contribution in [3.05, 3.63) is 54.1 Å². The Morgan fingerprint density at radius 1 is 0.759 bits per heavy atom. The van der Waals surface area contributed by atoms with Crippen LogP contribution in [0.15, 0.2) is 48.5 Å². The van der Waals surface area contributed by atoms with Crippen molar-refractivity contribution in [3.8, 4) is 16.9 Å². The van der Waals surface area contributed by atoms with Crippen LogP contribution in [0.2, 0.25) is 0 Å². The molecule has 2 heteroatoms. The number of likely N-dealkylation sites (tertiary alicyclic amines) is 1. The van der Waals surface area contributed by atoms with E-state index in [2.05, 4.69) is 60.4 Å². The molecule has 2 aliphatic rings. The first-order chi connectivity index (χ1) is 14.3. The molecule has 0 unspecified atom stereocenters. The Labute approximate surface area is 177 Å². The number of aryl methyl sites for hydroxylation is 1. The van der Waals surface area contributed by atoms with Crippen molar-refractivity contribution in [2.45, 2.75) is 58.3 Å². The number of benzene rings is 2. The SMILES string of the molecule is Cc1ccc(-c2ccc(OCCN3CCC(CC4CCCCC4)CC3)cc2)cc1. The van der Waals surface area contributed by atoms with Crippen LogP contribution < -0.4 is 4.74 Å². The Morgan fingerprint density at radius 2 is 1.34 bits per heavy atom. The van der Waals surface area contributed by atoms with Gasteiger partial charge in [0.2, 0.25) is 0 Å². The van der Waals surface area contributed by atoms with Crippen molar-refractivity contribution < 1.29 is 4.74 Å². The number of hydrogen-bond acceptors (Lipinski definition) is 2. The maximum Gasteiger partial charge on any atom is 0.119 e. The molecule has 0 radical (unpaired) electrons. The zero-order valence-corrected chi connectivity index (χ0v) is 18.1. The molecule has 0 atom stereocenters. The van der Waals surface area contributed by atoms with Crippen LogP contribution in [0.5, 0.6) is 5.75 Å². The number of piperidine rings is 1. The number of hydrogen-bond donors (Lipinski definition) is 0. The molecule has 0 aromatic heterocycles. The maximum absolute atomic E-state index is 6.03. The van der Waals surface area contributed by atoms with E-state index in [1.54, 1.807) is 0 Å². The fourth-order valence-electron chi connectivity index (χ4n) is 5.12. The first kappa shape index (κ1) is 20.5. The van der Waals surface area contributed by atoms with Gasteiger partial charge < -0.3 is 4.74 Å². The van der Waals surface area contributed by atoms with Crippen LogP contribution in [-0.2, 0) is 0 Å². The van der Waals surface area contributed by atoms with Gasteiger partial charge >= 0.3 is 0 Å². The molecule has 1 saturated heterocycles. The van der Waals surface area contributed by atoms with E-state index < -0.39 is 0 Å². The summed E-state index contributed by atoms with van der Waals surface area (Å²) in [7, 11) is 0. The maximum atomic E-state index is 6.03. The van der Waals surface area contributed by atoms with Crippen molar-refractivity contribution in [1.29, 1.82) is 0 Å². The molecule has 2 nitrogen and oxygen atoms in total. The molecule has 0 N–H and O–H groups in total. The summed E-state index contributed by atoms with van der Waals surface area (Å²) in [4.78, 5) is 2.60. The standard InChI is InChI=1S/C27H37NO/c1-22-7-9-25(10-8-22)26-11-13-27(14-12-26)29-20-19-28-17-15-24(16-18-28)21-23-5-3-2-4-6-23/h7-14,23-24H,2-6,15-21H2,1H3. The van der Waals surface area contributed by atoms with Gasteiger partial charge in [-0.2, -0.15) is 0 Å². The van der Waals surface area contributed by atoms with Crippen molar-refractivity contribution in [2.24, 2.45) is 11.8 Å². The van der Waals surface area contributed by atoms with E-state index in [1.807, 2.05) is 0 Å². The lowest BCUT2D eigenvalue weighted by Crippen LogP contribution is -2.37. The largest absolute Gasteiger partial charge is 0.492 e. The molecular weight excluding hydrogens is 354 g/mol. The summed E-state index contributed by atoms with van der Waals surface area (Å²) in [5.41, 5.74) is 3.81. The second-order valence-corrected chi connectivity index (χ2v) is 9.26. The highest BCUT2D eigenvalue weighted by Crippen LogP contribution is 2.32. The summed E-state index contributed by atoms with van der Waals surface area (Å²) in [6.45, 7) is 6.48. The Kier molecular flexibility index (Phi) is 7.27. The minimum Gasteiger partial charge on any atom is -0.492 e. The van der Waals surface area contributed by atoms with Gasteiger partial charge in [0.25, 0.3) is 0 Å². The Hall–Kier alpha value is -1.80. The summed E-state index contributed by atoms with van der Waals surface area (Å²) in [5.74, 6) is 2.99. The summed E-state index contributed by atoms with van der Waals surface area (Å²) >= 11 is 0. The van der Waals surface area contributed by atoms with Gasteiger partial charge in [-0.25, -0.2) is 0 Å². The monoisotopic (exact) mass is 391 g/mol. The zero-order valence-electron chi connectivity index (χ0n) is 18.1. The van der Waals surface area contributed by atoms with E-state index in [9.17, 15) is 0 Å². The van der Waals surface area contributed by atoms with E-state index in [-0.39, 0.29) is 0 Å². The fraction of sp³-hybridized carbons (Fsp3) is 0.556. The molecule has 0 spiro atoms. The number of rotatable bonds is 7. The fourth-order valence-corrected chi connectivity index (χ4v) is 5.12. The average molecular weight is 392 g/mol. The Bertz CT molecular complexity index is 722. The van der Waals surface area contributed by atoms with E-state index in [0.717, 1.165) is 30.7 Å². The van der Waals surface area contributed by atoms with Crippen LogP contribution >= 0.6 is 0 Å². The first-order valence-electron chi connectivity index (χ1n) is 11.8. The topological polar surface area (TPSA) is 12.5 Å². The molecule has 2 fully saturated rings. The molecule has 29 heavy (non-hydrogen) atoms. The third-order valence-electron chi connectivity index (χ3n) is 7.01. The molecule has 2 aromatic rings. The van der Waals surface area contributed by atoms with Crippen LogP contribution in [0.4, 0.5) is 0 Å². The molecule has 1 aliphatic heterocycles. The molecule has 156 valence electrons. The number of nitrogens with zero attached hydrogens (tertiary/aromatic N) is 1. The summed E-state index contributed by atoms with van der Waals surface area (Å²) in [6.07, 6.45) is 11.7. The van der Waals surface area contributed by atoms with E-state index >= 15 is 0 Å². The summed E-state index contributed by atoms with van der Waals surface area (Å²) < 4.78 is 6.03. The zero-order chi connectivity index (χ0) is 19.9. The second-order valence-electron chi connectivity index (χ2n) is 9.26. The smallest absolute Gasteiger partial charge is 0.119 e. The molecular formula is C27H37NO. The third-order valence-corrected chi connectivity index (χ3v) is 7.01. The Balaban J connectivity index is 1.15. The highest BCUT2D eigenvalue weighted by Gasteiger charge is 2.23. The molecule has 0 bridgehead atoms. The molecule has 1 heterocycles. The van der Waals surface area contributed by atoms with Gasteiger partial charge in [0.05, 0.1) is 0 Å². The lowest BCUT2D eigenvalue weighted by Gasteiger charge is -2.34. The van der Waals surface area contributed by atoms with Crippen molar-refractivity contribution >= 4 is 0 Å². The lowest BCUT2D eigenvalue weighted by molar-refractivity contribution is 0.138. The van der Waals surface area contributed by atoms with Gasteiger partial charge in [-0.3, -0.25) is 4.90 Å². The van der Waals surface area contributed by atoms with Gasteiger partial charge in [-0.1, -0.05) is 74.1 Å². The predicted octanol–water partition coefficient (Wildman–Crippen LogP) is 6.72. The normalized spacial score (nSPS) is 19.3. The van der Waals surface area contributed by atoms with Crippen LogP contribution in [0.3, 0.4) is 0 Å². The highest BCUT2D eigenvalue weighted by molar-refractivity contribution is 5.64. The van der Waals surface area contributed by atoms with Crippen molar-refractivity contribution in [1.82, 2.24) is 4.90 Å². The highest BCUT2D eigenvalue weighted by atomic mass is 16.5. The molecule has 1 aliphatic carbocycles. The molecule has 1 saturated carbocycles. The van der Waals surface area contributed by atoms with E-state index in [4.69, 9.17) is 4.74 Å². The van der Waals surface area contributed by atoms with Gasteiger partial charge in [0.1, 0.15) is 12.4 Å². The van der Waals surface area contributed by atoms with Crippen molar-refractivity contribution in [2.75, 3.05) is 26.2 Å². The van der Waals surface area contributed by atoms with Crippen LogP contribution in [0.1, 0.15) is 56.9 Å². The number of ether oxygens (including phenoxy) is 1. The minimum atomic E-state index is 0.789. The van der Waals surface area contributed by atoms with Crippen LogP contribution in [-0.4, -0.2) is 31.1 Å². The molecule has 2 aromatic carbocycles. The first-order valence-corrected chi connectivity index (χ1v) is 11.8. The summed E-state index contributed by atoms with van der Waals surface area (Å²) in [5, 5.41) is 0. The minimum absolute atomic E-state index is 0.789. The van der Waals surface area contributed by atoms with E-state index in [1.165, 1.54) is 81.1 Å². The molecule has 4 rings (SSSR count). The third kappa shape index (κ3) is 6.09. The van der Waals surface area contributed by atoms with Crippen LogP contribution in [0, 0.1) is 18.8 Å². The van der Waals surface area contributed by atoms with Gasteiger partial charge in [0, 0.05) is 6.54 Å². The quantitative estimate of drug-likeness (QED) is 0.519. The van der Waals surface area contributed by atoms with Gasteiger partial charge in [0.15, 0.2) is 0 Å². The van der Waals surface area contributed by atoms with E-state index in [0.29, 0.717) is 0 Å². The van der Waals surface area contributed by atoms with Gasteiger partial charge in [-0.15, -0.1) is 0 Å². The molecule has 0 amide bonds. The lowest BCUT2D eigenvalue weighted by atomic mass is 9.80. The average Bonchev–Trinajstić information content (AvgIpc) is 2.77. The Morgan fingerprint density at radius 3 is 2.00 bits per heavy atom.